The molecule has 0 aliphatic carbocycles. The van der Waals surface area contributed by atoms with E-state index in [1.165, 1.54) is 6.07 Å². The SMILES string of the molecule is Nc1ccc(Nc2c(F)cc(F)cc2Cl)cc1C(F)(F)F. The molecule has 0 heterocycles. The van der Waals surface area contributed by atoms with Gasteiger partial charge in [-0.25, -0.2) is 8.78 Å². The van der Waals surface area contributed by atoms with Gasteiger partial charge < -0.3 is 11.1 Å². The van der Waals surface area contributed by atoms with E-state index in [-0.39, 0.29) is 16.4 Å². The number of alkyl halides is 3. The molecule has 0 aromatic heterocycles. The van der Waals surface area contributed by atoms with Crippen LogP contribution < -0.4 is 11.1 Å². The van der Waals surface area contributed by atoms with Crippen molar-refractivity contribution in [3.05, 3.63) is 52.6 Å². The Morgan fingerprint density at radius 2 is 1.71 bits per heavy atom. The first kappa shape index (κ1) is 15.4. The lowest BCUT2D eigenvalue weighted by atomic mass is 10.1. The zero-order chi connectivity index (χ0) is 15.8. The van der Waals surface area contributed by atoms with Gasteiger partial charge >= 0.3 is 6.18 Å². The summed E-state index contributed by atoms with van der Waals surface area (Å²) in [6.45, 7) is 0. The van der Waals surface area contributed by atoms with Crippen molar-refractivity contribution in [3.8, 4) is 0 Å². The molecule has 0 aliphatic rings. The van der Waals surface area contributed by atoms with E-state index in [1.54, 1.807) is 0 Å². The van der Waals surface area contributed by atoms with Crippen LogP contribution in [0.3, 0.4) is 0 Å². The summed E-state index contributed by atoms with van der Waals surface area (Å²) >= 11 is 5.66. The summed E-state index contributed by atoms with van der Waals surface area (Å²) in [6, 6.07) is 4.38. The summed E-state index contributed by atoms with van der Waals surface area (Å²) < 4.78 is 64.6. The molecule has 21 heavy (non-hydrogen) atoms. The van der Waals surface area contributed by atoms with E-state index in [0.717, 1.165) is 12.1 Å². The van der Waals surface area contributed by atoms with Gasteiger partial charge in [0, 0.05) is 17.4 Å². The second-order valence-corrected chi connectivity index (χ2v) is 4.58. The Hall–Kier alpha value is -2.02. The second-order valence-electron chi connectivity index (χ2n) is 4.17. The van der Waals surface area contributed by atoms with Crippen LogP contribution >= 0.6 is 11.6 Å². The maximum Gasteiger partial charge on any atom is 0.418 e. The molecule has 2 rings (SSSR count). The topological polar surface area (TPSA) is 38.0 Å². The molecule has 0 bridgehead atoms. The number of hydrogen-bond donors (Lipinski definition) is 2. The lowest BCUT2D eigenvalue weighted by Gasteiger charge is -2.14. The van der Waals surface area contributed by atoms with Crippen LogP contribution in [-0.4, -0.2) is 0 Å². The summed E-state index contributed by atoms with van der Waals surface area (Å²) in [5, 5.41) is 2.08. The van der Waals surface area contributed by atoms with Gasteiger partial charge in [0.1, 0.15) is 5.82 Å². The number of benzene rings is 2. The van der Waals surface area contributed by atoms with Gasteiger partial charge in [0.2, 0.25) is 0 Å². The van der Waals surface area contributed by atoms with Crippen molar-refractivity contribution in [2.45, 2.75) is 6.18 Å². The van der Waals surface area contributed by atoms with Crippen LogP contribution in [0.4, 0.5) is 39.0 Å². The van der Waals surface area contributed by atoms with E-state index < -0.39 is 29.1 Å². The summed E-state index contributed by atoms with van der Waals surface area (Å²) in [4.78, 5) is 0. The number of rotatable bonds is 2. The summed E-state index contributed by atoms with van der Waals surface area (Å²) in [5.41, 5.74) is 3.32. The highest BCUT2D eigenvalue weighted by atomic mass is 35.5. The van der Waals surface area contributed by atoms with Crippen LogP contribution in [0.1, 0.15) is 5.56 Å². The van der Waals surface area contributed by atoms with Crippen molar-refractivity contribution in [2.75, 3.05) is 11.1 Å². The average Bonchev–Trinajstić information content (AvgIpc) is 2.34. The highest BCUT2D eigenvalue weighted by Crippen LogP contribution is 2.36. The first-order chi connectivity index (χ1) is 9.68. The molecule has 0 amide bonds. The van der Waals surface area contributed by atoms with Gasteiger partial charge in [-0.2, -0.15) is 13.2 Å². The minimum absolute atomic E-state index is 0.0797. The number of hydrogen-bond acceptors (Lipinski definition) is 2. The quantitative estimate of drug-likeness (QED) is 0.605. The molecule has 2 aromatic carbocycles. The smallest absolute Gasteiger partial charge is 0.398 e. The maximum atomic E-state index is 13.6. The number of nitrogens with one attached hydrogen (secondary N) is 1. The molecule has 0 unspecified atom stereocenters. The van der Waals surface area contributed by atoms with E-state index in [4.69, 9.17) is 17.3 Å². The minimum Gasteiger partial charge on any atom is -0.398 e. The molecule has 2 nitrogen and oxygen atoms in total. The van der Waals surface area contributed by atoms with E-state index in [0.29, 0.717) is 12.1 Å². The van der Waals surface area contributed by atoms with Crippen molar-refractivity contribution >= 4 is 28.7 Å². The lowest BCUT2D eigenvalue weighted by Crippen LogP contribution is -2.09. The van der Waals surface area contributed by atoms with E-state index in [9.17, 15) is 22.0 Å². The number of nitrogens with two attached hydrogens (primary N) is 1. The largest absolute Gasteiger partial charge is 0.418 e. The fourth-order valence-corrected chi connectivity index (χ4v) is 1.93. The standard InChI is InChI=1S/C13H8ClF5N2/c14-9-3-6(15)4-10(16)12(9)21-7-1-2-11(20)8(5-7)13(17,18)19/h1-5,21H,20H2. The number of halogens is 6. The summed E-state index contributed by atoms with van der Waals surface area (Å²) in [6.07, 6.45) is -4.65. The number of nitrogen functional groups attached to an aromatic ring is 1. The predicted octanol–water partition coefficient (Wildman–Crippen LogP) is 4.96. The average molecular weight is 323 g/mol. The Bertz CT molecular complexity index is 662. The Kier molecular flexibility index (Phi) is 3.95. The molecule has 112 valence electrons. The van der Waals surface area contributed by atoms with Crippen LogP contribution in [0, 0.1) is 11.6 Å². The Balaban J connectivity index is 2.42. The number of anilines is 3. The molecular formula is C13H8ClF5N2. The highest BCUT2D eigenvalue weighted by molar-refractivity contribution is 6.33. The van der Waals surface area contributed by atoms with Crippen LogP contribution in [0.15, 0.2) is 30.3 Å². The molecule has 8 heteroatoms. The maximum absolute atomic E-state index is 13.6. The van der Waals surface area contributed by atoms with Gasteiger partial charge in [0.15, 0.2) is 5.82 Å². The van der Waals surface area contributed by atoms with Gasteiger partial charge in [-0.05, 0) is 24.3 Å². The van der Waals surface area contributed by atoms with Crippen molar-refractivity contribution < 1.29 is 22.0 Å². The van der Waals surface area contributed by atoms with Crippen LogP contribution in [0.25, 0.3) is 0 Å². The molecule has 0 atom stereocenters. The van der Waals surface area contributed by atoms with Crippen molar-refractivity contribution in [3.63, 3.8) is 0 Å². The first-order valence-corrected chi connectivity index (χ1v) is 5.94. The zero-order valence-corrected chi connectivity index (χ0v) is 11.0. The van der Waals surface area contributed by atoms with Crippen LogP contribution in [0.5, 0.6) is 0 Å². The van der Waals surface area contributed by atoms with Gasteiger partial charge in [-0.1, -0.05) is 11.6 Å². The monoisotopic (exact) mass is 322 g/mol. The second kappa shape index (κ2) is 5.40. The molecule has 0 spiro atoms. The Morgan fingerprint density at radius 1 is 1.05 bits per heavy atom. The summed E-state index contributed by atoms with van der Waals surface area (Å²) in [5.74, 6) is -1.92. The van der Waals surface area contributed by atoms with Crippen molar-refractivity contribution in [1.82, 2.24) is 0 Å². The predicted molar refractivity (Wildman–Crippen MR) is 70.5 cm³/mol. The summed E-state index contributed by atoms with van der Waals surface area (Å²) in [7, 11) is 0. The molecule has 0 saturated carbocycles. The fraction of sp³-hybridized carbons (Fsp3) is 0.0769. The Labute approximate surface area is 121 Å². The molecule has 3 N–H and O–H groups in total. The van der Waals surface area contributed by atoms with E-state index in [1.807, 2.05) is 0 Å². The lowest BCUT2D eigenvalue weighted by molar-refractivity contribution is -0.136. The molecule has 0 radical (unpaired) electrons. The van der Waals surface area contributed by atoms with Gasteiger partial charge in [0.25, 0.3) is 0 Å². The van der Waals surface area contributed by atoms with E-state index in [2.05, 4.69) is 5.32 Å². The molecule has 2 aromatic rings. The minimum atomic E-state index is -4.65. The highest BCUT2D eigenvalue weighted by Gasteiger charge is 2.33. The van der Waals surface area contributed by atoms with Crippen molar-refractivity contribution in [2.24, 2.45) is 0 Å². The van der Waals surface area contributed by atoms with Crippen LogP contribution in [-0.2, 0) is 6.18 Å². The molecular weight excluding hydrogens is 315 g/mol. The third-order valence-electron chi connectivity index (χ3n) is 2.63. The normalized spacial score (nSPS) is 11.5. The van der Waals surface area contributed by atoms with Gasteiger partial charge in [-0.15, -0.1) is 0 Å². The van der Waals surface area contributed by atoms with Crippen molar-refractivity contribution in [1.29, 1.82) is 0 Å². The van der Waals surface area contributed by atoms with Gasteiger partial charge in [-0.3, -0.25) is 0 Å². The molecule has 0 aliphatic heterocycles. The zero-order valence-electron chi connectivity index (χ0n) is 10.2. The first-order valence-electron chi connectivity index (χ1n) is 5.57. The Morgan fingerprint density at radius 3 is 2.29 bits per heavy atom. The molecule has 0 saturated heterocycles. The molecule has 0 fully saturated rings. The fourth-order valence-electron chi connectivity index (χ4n) is 1.69. The van der Waals surface area contributed by atoms with Gasteiger partial charge in [0.05, 0.1) is 16.3 Å². The third kappa shape index (κ3) is 3.36. The third-order valence-corrected chi connectivity index (χ3v) is 2.93. The van der Waals surface area contributed by atoms with Crippen LogP contribution in [0.2, 0.25) is 5.02 Å². The van der Waals surface area contributed by atoms with E-state index >= 15 is 0 Å².